The maximum absolute atomic E-state index is 14.4. The van der Waals surface area contributed by atoms with Crippen LogP contribution in [-0.4, -0.2) is 60.4 Å². The SMILES string of the molecule is Cc1cc(C)c(C(C)(C)CC(=O)OC(CC(CCC(C)(C)O)C(N)=O)[C@H](Cc2cccc(F)c2)NC(=O)c2cnc3ccccc3n2)c(OP(=O)(O)O)c1. The van der Waals surface area contributed by atoms with Gasteiger partial charge in [-0.15, -0.1) is 0 Å². The maximum atomic E-state index is 14.4. The van der Waals surface area contributed by atoms with Gasteiger partial charge in [-0.2, -0.15) is 0 Å². The van der Waals surface area contributed by atoms with Gasteiger partial charge in [0, 0.05) is 16.9 Å². The van der Waals surface area contributed by atoms with Gasteiger partial charge in [-0.25, -0.2) is 13.9 Å². The Morgan fingerprint density at radius 2 is 1.69 bits per heavy atom. The molecule has 1 heterocycles. The van der Waals surface area contributed by atoms with E-state index in [0.717, 1.165) is 0 Å². The highest BCUT2D eigenvalue weighted by atomic mass is 31.2. The van der Waals surface area contributed by atoms with E-state index in [0.29, 0.717) is 33.3 Å². The number of rotatable bonds is 17. The number of carbonyl (C=O) groups is 3. The number of phosphoric acid groups is 1. The number of nitrogens with two attached hydrogens (primary N) is 1. The first-order chi connectivity index (χ1) is 25.1. The van der Waals surface area contributed by atoms with Crippen LogP contribution < -0.4 is 15.6 Å². The van der Waals surface area contributed by atoms with Crippen LogP contribution in [0, 0.1) is 25.6 Å². The summed E-state index contributed by atoms with van der Waals surface area (Å²) in [6.45, 7) is 10.0. The van der Waals surface area contributed by atoms with Gasteiger partial charge in [0.25, 0.3) is 5.91 Å². The highest BCUT2D eigenvalue weighted by Gasteiger charge is 2.37. The van der Waals surface area contributed by atoms with E-state index in [9.17, 15) is 38.2 Å². The number of aryl methyl sites for hydroxylation is 2. The van der Waals surface area contributed by atoms with Crippen molar-refractivity contribution in [2.45, 2.75) is 96.8 Å². The van der Waals surface area contributed by atoms with Gasteiger partial charge in [0.05, 0.1) is 35.3 Å². The summed E-state index contributed by atoms with van der Waals surface area (Å²) >= 11 is 0. The van der Waals surface area contributed by atoms with Crippen LogP contribution in [0.2, 0.25) is 0 Å². The number of hydrogen-bond acceptors (Lipinski definition) is 9. The zero-order valence-corrected chi connectivity index (χ0v) is 32.1. The van der Waals surface area contributed by atoms with Gasteiger partial charge in [0.2, 0.25) is 5.91 Å². The molecule has 15 heteroatoms. The van der Waals surface area contributed by atoms with Gasteiger partial charge >= 0.3 is 13.8 Å². The van der Waals surface area contributed by atoms with Crippen molar-refractivity contribution in [1.29, 1.82) is 0 Å². The molecule has 0 bridgehead atoms. The Morgan fingerprint density at radius 1 is 1.00 bits per heavy atom. The Balaban J connectivity index is 1.75. The number of fused-ring (bicyclic) bond motifs is 1. The van der Waals surface area contributed by atoms with E-state index in [1.807, 2.05) is 0 Å². The molecule has 2 unspecified atom stereocenters. The number of ether oxygens (including phenoxy) is 1. The summed E-state index contributed by atoms with van der Waals surface area (Å²) in [5.41, 5.74) is 6.68. The number of benzene rings is 3. The number of hydrogen-bond donors (Lipinski definition) is 5. The third-order valence-electron chi connectivity index (χ3n) is 9.02. The molecular formula is C39H48FN4O9P. The summed E-state index contributed by atoms with van der Waals surface area (Å²) in [6, 6.07) is 14.9. The fourth-order valence-electron chi connectivity index (χ4n) is 6.64. The molecule has 0 radical (unpaired) electrons. The molecule has 4 rings (SSSR count). The van der Waals surface area contributed by atoms with Crippen LogP contribution in [0.15, 0.2) is 66.9 Å². The van der Waals surface area contributed by atoms with Gasteiger partial charge in [0.1, 0.15) is 23.4 Å². The molecule has 4 aromatic rings. The summed E-state index contributed by atoms with van der Waals surface area (Å²) in [5.74, 6) is -3.71. The summed E-state index contributed by atoms with van der Waals surface area (Å²) in [7, 11) is -4.98. The molecule has 0 fully saturated rings. The van der Waals surface area contributed by atoms with Crippen molar-refractivity contribution >= 4 is 36.6 Å². The van der Waals surface area contributed by atoms with Gasteiger partial charge < -0.3 is 25.4 Å². The lowest BCUT2D eigenvalue weighted by molar-refractivity contribution is -0.153. The van der Waals surface area contributed by atoms with Gasteiger partial charge in [0.15, 0.2) is 0 Å². The Kier molecular flexibility index (Phi) is 13.3. The Bertz CT molecular complexity index is 2050. The van der Waals surface area contributed by atoms with Crippen molar-refractivity contribution in [1.82, 2.24) is 15.3 Å². The molecule has 1 aromatic heterocycles. The monoisotopic (exact) mass is 766 g/mol. The predicted molar refractivity (Wildman–Crippen MR) is 200 cm³/mol. The number of halogens is 1. The summed E-state index contributed by atoms with van der Waals surface area (Å²) in [6.07, 6.45) is -0.155. The van der Waals surface area contributed by atoms with Crippen molar-refractivity contribution in [3.05, 3.63) is 101 Å². The lowest BCUT2D eigenvalue weighted by atomic mass is 9.78. The fraction of sp³-hybridized carbons (Fsp3) is 0.410. The van der Waals surface area contributed by atoms with Gasteiger partial charge in [-0.1, -0.05) is 44.2 Å². The standard InChI is InChI=1S/C39H48FN4O9P/c1-23-16-24(2)35(33(17-23)53-54(49,50)51)38(3,4)21-34(45)52-32(20-26(36(41)46)14-15-39(5,6)48)30(19-25-10-9-11-27(40)18-25)44-37(47)31-22-42-28-12-7-8-13-29(28)43-31/h7-13,16-18,22,26,30,32,48H,14-15,19-21H2,1-6H3,(H2,41,46)(H,44,47)(H2,49,50,51)/t26?,30-,32?/m0/s1. The number of esters is 1. The smallest absolute Gasteiger partial charge is 0.460 e. The minimum atomic E-state index is -4.98. The number of primary amides is 1. The quantitative estimate of drug-likeness (QED) is 0.0667. The molecule has 6 N–H and O–H groups in total. The van der Waals surface area contributed by atoms with Crippen molar-refractivity contribution < 1.29 is 47.5 Å². The normalized spacial score (nSPS) is 13.9. The molecular weight excluding hydrogens is 718 g/mol. The van der Waals surface area contributed by atoms with E-state index in [1.54, 1.807) is 77.9 Å². The van der Waals surface area contributed by atoms with Gasteiger partial charge in [-0.05, 0) is 100 Å². The Hall–Kier alpha value is -4.75. The van der Waals surface area contributed by atoms with Crippen molar-refractivity contribution in [3.63, 3.8) is 0 Å². The van der Waals surface area contributed by atoms with E-state index in [-0.39, 0.29) is 43.5 Å². The fourth-order valence-corrected chi connectivity index (χ4v) is 7.04. The molecule has 13 nitrogen and oxygen atoms in total. The van der Waals surface area contributed by atoms with Crippen LogP contribution in [0.25, 0.3) is 11.0 Å². The number of nitrogens with zero attached hydrogens (tertiary/aromatic N) is 2. The number of phosphoric ester groups is 1. The number of aromatic nitrogens is 2. The highest BCUT2D eigenvalue weighted by molar-refractivity contribution is 7.46. The number of amides is 2. The topological polar surface area (TPSA) is 211 Å². The van der Waals surface area contributed by atoms with Crippen LogP contribution in [-0.2, 0) is 30.7 Å². The zero-order valence-electron chi connectivity index (χ0n) is 31.2. The van der Waals surface area contributed by atoms with E-state index >= 15 is 0 Å². The van der Waals surface area contributed by atoms with E-state index in [2.05, 4.69) is 15.3 Å². The molecule has 290 valence electrons. The van der Waals surface area contributed by atoms with Crippen LogP contribution >= 0.6 is 7.82 Å². The first-order valence-electron chi connectivity index (χ1n) is 17.5. The average molecular weight is 767 g/mol. The first kappa shape index (κ1) is 42.0. The third-order valence-corrected chi connectivity index (χ3v) is 9.46. The van der Waals surface area contributed by atoms with Crippen molar-refractivity contribution in [3.8, 4) is 5.75 Å². The number of para-hydroxylation sites is 2. The minimum Gasteiger partial charge on any atom is -0.460 e. The average Bonchev–Trinajstić information content (AvgIpc) is 3.03. The second-order valence-corrected chi connectivity index (χ2v) is 16.1. The molecule has 0 aliphatic rings. The lowest BCUT2D eigenvalue weighted by Crippen LogP contribution is -2.49. The van der Waals surface area contributed by atoms with Crippen LogP contribution in [0.3, 0.4) is 0 Å². The molecule has 0 aliphatic heterocycles. The Morgan fingerprint density at radius 3 is 2.31 bits per heavy atom. The van der Waals surface area contributed by atoms with Crippen LogP contribution in [0.5, 0.6) is 5.75 Å². The molecule has 54 heavy (non-hydrogen) atoms. The lowest BCUT2D eigenvalue weighted by Gasteiger charge is -2.33. The third kappa shape index (κ3) is 12.1. The maximum Gasteiger partial charge on any atom is 0.524 e. The predicted octanol–water partition coefficient (Wildman–Crippen LogP) is 5.52. The first-order valence-corrected chi connectivity index (χ1v) is 19.0. The minimum absolute atomic E-state index is 0.0370. The van der Waals surface area contributed by atoms with Gasteiger partial charge in [-0.3, -0.25) is 29.2 Å². The van der Waals surface area contributed by atoms with Crippen LogP contribution in [0.4, 0.5) is 4.39 Å². The highest BCUT2D eigenvalue weighted by Crippen LogP contribution is 2.45. The molecule has 2 amide bonds. The largest absolute Gasteiger partial charge is 0.524 e. The summed E-state index contributed by atoms with van der Waals surface area (Å²) < 4.78 is 37.5. The number of aliphatic hydroxyl groups is 1. The summed E-state index contributed by atoms with van der Waals surface area (Å²) in [5, 5.41) is 13.3. The Labute approximate surface area is 313 Å². The van der Waals surface area contributed by atoms with E-state index in [1.165, 1.54) is 30.5 Å². The van der Waals surface area contributed by atoms with Crippen LogP contribution in [0.1, 0.15) is 86.1 Å². The zero-order chi connectivity index (χ0) is 40.0. The van der Waals surface area contributed by atoms with Crippen molar-refractivity contribution in [2.24, 2.45) is 11.7 Å². The molecule has 3 atom stereocenters. The molecule has 3 aromatic carbocycles. The summed E-state index contributed by atoms with van der Waals surface area (Å²) in [4.78, 5) is 68.7. The molecule has 0 aliphatic carbocycles. The number of carbonyl (C=O) groups excluding carboxylic acids is 3. The van der Waals surface area contributed by atoms with E-state index in [4.69, 9.17) is 15.0 Å². The number of nitrogens with one attached hydrogen (secondary N) is 1. The van der Waals surface area contributed by atoms with Crippen molar-refractivity contribution in [2.75, 3.05) is 0 Å². The van der Waals surface area contributed by atoms with E-state index < -0.39 is 60.5 Å². The molecule has 0 saturated heterocycles. The molecule has 0 spiro atoms. The second-order valence-electron chi connectivity index (χ2n) is 15.0. The second kappa shape index (κ2) is 17.2. The molecule has 0 saturated carbocycles.